The van der Waals surface area contributed by atoms with Gasteiger partial charge in [-0.15, -0.1) is 0 Å². The lowest BCUT2D eigenvalue weighted by Crippen LogP contribution is -2.16. The lowest BCUT2D eigenvalue weighted by molar-refractivity contribution is 0.170. The van der Waals surface area contributed by atoms with E-state index < -0.39 is 0 Å². The van der Waals surface area contributed by atoms with E-state index in [0.717, 1.165) is 38.4 Å². The summed E-state index contributed by atoms with van der Waals surface area (Å²) in [6.45, 7) is 1.06. The molecule has 0 aliphatic carbocycles. The number of hydrogen-bond donors (Lipinski definition) is 1. The predicted octanol–water partition coefficient (Wildman–Crippen LogP) is 4.44. The van der Waals surface area contributed by atoms with Gasteiger partial charge in [-0.2, -0.15) is 0 Å². The third-order valence-corrected chi connectivity index (χ3v) is 5.53. The van der Waals surface area contributed by atoms with Crippen molar-refractivity contribution in [2.45, 2.75) is 6.42 Å². The molecule has 2 aromatic heterocycles. The Kier molecular flexibility index (Phi) is 4.09. The van der Waals surface area contributed by atoms with Gasteiger partial charge in [0, 0.05) is 23.7 Å². The Morgan fingerprint density at radius 2 is 2.00 bits per heavy atom. The summed E-state index contributed by atoms with van der Waals surface area (Å²) in [5, 5.41) is 0.485. The van der Waals surface area contributed by atoms with E-state index in [1.165, 1.54) is 17.5 Å². The predicted molar refractivity (Wildman–Crippen MR) is 107 cm³/mol. The number of thiazole rings is 1. The second-order valence-corrected chi connectivity index (χ2v) is 7.57. The molecular weight excluding hydrogens is 377 g/mol. The van der Waals surface area contributed by atoms with Crippen LogP contribution in [0.5, 0.6) is 11.5 Å². The molecule has 28 heavy (non-hydrogen) atoms. The zero-order chi connectivity index (χ0) is 19.1. The molecule has 0 saturated heterocycles. The number of nitrogens with zero attached hydrogens (tertiary/aromatic N) is 2. The van der Waals surface area contributed by atoms with Gasteiger partial charge in [-0.25, -0.2) is 9.37 Å². The topological polar surface area (TPSA) is 70.3 Å². The van der Waals surface area contributed by atoms with Crippen molar-refractivity contribution in [3.05, 3.63) is 65.7 Å². The lowest BCUT2D eigenvalue weighted by atomic mass is 9.97. The van der Waals surface area contributed by atoms with Crippen LogP contribution in [0.25, 0.3) is 21.3 Å². The molecule has 0 bridgehead atoms. The van der Waals surface area contributed by atoms with Crippen molar-refractivity contribution >= 4 is 26.7 Å². The maximum atomic E-state index is 14.3. The van der Waals surface area contributed by atoms with Gasteiger partial charge in [0.1, 0.15) is 19.0 Å². The minimum absolute atomic E-state index is 0.362. The maximum absolute atomic E-state index is 14.3. The van der Waals surface area contributed by atoms with Crippen molar-refractivity contribution in [3.8, 4) is 22.6 Å². The van der Waals surface area contributed by atoms with Gasteiger partial charge in [0.2, 0.25) is 0 Å². The first-order valence-electron chi connectivity index (χ1n) is 8.85. The van der Waals surface area contributed by atoms with E-state index in [1.54, 1.807) is 12.3 Å². The Hall–Kier alpha value is -3.19. The van der Waals surface area contributed by atoms with E-state index in [0.29, 0.717) is 30.3 Å². The quantitative estimate of drug-likeness (QED) is 0.557. The molecule has 1 aliphatic rings. The molecule has 0 fully saturated rings. The number of benzene rings is 2. The van der Waals surface area contributed by atoms with Crippen molar-refractivity contribution in [2.24, 2.45) is 0 Å². The van der Waals surface area contributed by atoms with Crippen molar-refractivity contribution < 1.29 is 13.9 Å². The number of hydrogen-bond acceptors (Lipinski definition) is 6. The normalized spacial score (nSPS) is 13.0. The van der Waals surface area contributed by atoms with E-state index in [1.807, 2.05) is 30.3 Å². The van der Waals surface area contributed by atoms with Gasteiger partial charge < -0.3 is 15.2 Å². The summed E-state index contributed by atoms with van der Waals surface area (Å²) >= 11 is 1.39. The summed E-state index contributed by atoms with van der Waals surface area (Å²) < 4.78 is 26.8. The molecule has 2 aromatic carbocycles. The summed E-state index contributed by atoms with van der Waals surface area (Å²) in [6.07, 6.45) is 3.38. The average Bonchev–Trinajstić information content (AvgIpc) is 3.09. The third-order valence-electron chi connectivity index (χ3n) is 4.70. The lowest BCUT2D eigenvalue weighted by Gasteiger charge is -2.21. The largest absolute Gasteiger partial charge is 0.486 e. The zero-order valence-corrected chi connectivity index (χ0v) is 15.6. The minimum Gasteiger partial charge on any atom is -0.486 e. The van der Waals surface area contributed by atoms with E-state index in [-0.39, 0.29) is 5.82 Å². The number of para-hydroxylation sites is 1. The highest BCUT2D eigenvalue weighted by molar-refractivity contribution is 7.22. The Labute approximate surface area is 164 Å². The van der Waals surface area contributed by atoms with Gasteiger partial charge in [-0.05, 0) is 35.4 Å². The van der Waals surface area contributed by atoms with Gasteiger partial charge in [0.05, 0.1) is 16.4 Å². The first-order chi connectivity index (χ1) is 13.7. The molecule has 7 heteroatoms. The number of nitrogen functional groups attached to an aromatic ring is 1. The average molecular weight is 393 g/mol. The highest BCUT2D eigenvalue weighted by Crippen LogP contribution is 2.38. The fourth-order valence-corrected chi connectivity index (χ4v) is 4.32. The Bertz CT molecular complexity index is 1190. The van der Waals surface area contributed by atoms with Crippen molar-refractivity contribution in [1.82, 2.24) is 9.97 Å². The molecular formula is C21H16FN3O2S. The molecule has 0 unspecified atom stereocenters. The number of aromatic nitrogens is 2. The number of halogens is 1. The van der Waals surface area contributed by atoms with Crippen LogP contribution < -0.4 is 15.2 Å². The molecule has 0 saturated carbocycles. The summed E-state index contributed by atoms with van der Waals surface area (Å²) in [6, 6.07) is 11.4. The number of fused-ring (bicyclic) bond motifs is 2. The third kappa shape index (κ3) is 2.93. The second kappa shape index (κ2) is 6.76. The zero-order valence-electron chi connectivity index (χ0n) is 14.8. The Morgan fingerprint density at radius 1 is 1.11 bits per heavy atom. The number of ether oxygens (including phenoxy) is 2. The number of pyridine rings is 1. The summed E-state index contributed by atoms with van der Waals surface area (Å²) in [4.78, 5) is 8.34. The molecule has 0 atom stereocenters. The monoisotopic (exact) mass is 393 g/mol. The van der Waals surface area contributed by atoms with Crippen LogP contribution in [0.15, 0.2) is 48.8 Å². The van der Waals surface area contributed by atoms with Crippen LogP contribution in [0, 0.1) is 5.82 Å². The molecule has 5 rings (SSSR count). The molecule has 3 heterocycles. The number of anilines is 1. The van der Waals surface area contributed by atoms with Crippen LogP contribution in [0.2, 0.25) is 0 Å². The maximum Gasteiger partial charge on any atom is 0.181 e. The fraction of sp³-hybridized carbons (Fsp3) is 0.143. The van der Waals surface area contributed by atoms with Gasteiger partial charge in [0.15, 0.2) is 16.6 Å². The Morgan fingerprint density at radius 3 is 2.89 bits per heavy atom. The Balaban J connectivity index is 1.66. The number of nitrogens with two attached hydrogens (primary N) is 1. The second-order valence-electron chi connectivity index (χ2n) is 6.51. The minimum atomic E-state index is -0.362. The van der Waals surface area contributed by atoms with E-state index in [9.17, 15) is 4.39 Å². The molecule has 5 nitrogen and oxygen atoms in total. The summed E-state index contributed by atoms with van der Waals surface area (Å²) in [7, 11) is 0. The highest BCUT2D eigenvalue weighted by Gasteiger charge is 2.18. The van der Waals surface area contributed by atoms with Crippen LogP contribution in [-0.4, -0.2) is 23.2 Å². The van der Waals surface area contributed by atoms with E-state index in [2.05, 4.69) is 9.97 Å². The van der Waals surface area contributed by atoms with E-state index >= 15 is 0 Å². The van der Waals surface area contributed by atoms with Gasteiger partial charge in [-0.3, -0.25) is 4.98 Å². The van der Waals surface area contributed by atoms with Crippen LogP contribution >= 0.6 is 11.3 Å². The summed E-state index contributed by atoms with van der Waals surface area (Å²) in [5.41, 5.74) is 10.0. The first kappa shape index (κ1) is 16.9. The molecule has 2 N–H and O–H groups in total. The van der Waals surface area contributed by atoms with Gasteiger partial charge >= 0.3 is 0 Å². The molecule has 4 aromatic rings. The van der Waals surface area contributed by atoms with E-state index in [4.69, 9.17) is 15.2 Å². The molecule has 140 valence electrons. The molecule has 0 spiro atoms. The van der Waals surface area contributed by atoms with Crippen LogP contribution in [0.3, 0.4) is 0 Å². The number of rotatable bonds is 3. The fourth-order valence-electron chi connectivity index (χ4n) is 3.49. The molecule has 1 aliphatic heterocycles. The smallest absolute Gasteiger partial charge is 0.181 e. The highest BCUT2D eigenvalue weighted by atomic mass is 32.1. The van der Waals surface area contributed by atoms with Gasteiger partial charge in [-0.1, -0.05) is 23.5 Å². The molecule has 0 amide bonds. The standard InChI is InChI=1S/C21H16FN3O2S/c22-16-11-24-5-4-15(16)13-9-14(19-18(10-13)28-21(23)25-19)8-12-2-1-3-17-20(12)27-7-6-26-17/h1-5,9-11H,6-8H2,(H2,23,25). The van der Waals surface area contributed by atoms with Crippen molar-refractivity contribution in [1.29, 1.82) is 0 Å². The van der Waals surface area contributed by atoms with Crippen LogP contribution in [0.4, 0.5) is 9.52 Å². The van der Waals surface area contributed by atoms with Crippen molar-refractivity contribution in [2.75, 3.05) is 18.9 Å². The first-order valence-corrected chi connectivity index (χ1v) is 9.67. The van der Waals surface area contributed by atoms with Crippen LogP contribution in [-0.2, 0) is 6.42 Å². The molecule has 0 radical (unpaired) electrons. The SMILES string of the molecule is Nc1nc2c(Cc3cccc4c3OCCO4)cc(-c3ccncc3F)cc2s1. The van der Waals surface area contributed by atoms with Gasteiger partial charge in [0.25, 0.3) is 0 Å². The summed E-state index contributed by atoms with van der Waals surface area (Å²) in [5.74, 6) is 1.14. The van der Waals surface area contributed by atoms with Crippen LogP contribution in [0.1, 0.15) is 11.1 Å². The van der Waals surface area contributed by atoms with Crippen molar-refractivity contribution in [3.63, 3.8) is 0 Å².